The summed E-state index contributed by atoms with van der Waals surface area (Å²) in [5.74, 6) is -2.25. The zero-order valence-corrected chi connectivity index (χ0v) is 9.65. The van der Waals surface area contributed by atoms with E-state index in [-0.39, 0.29) is 5.69 Å². The number of rotatable bonds is 2. The molecule has 1 aromatic heterocycles. The number of para-hydroxylation sites is 1. The second kappa shape index (κ2) is 4.58. The van der Waals surface area contributed by atoms with E-state index < -0.39 is 23.2 Å². The third-order valence-corrected chi connectivity index (χ3v) is 2.92. The summed E-state index contributed by atoms with van der Waals surface area (Å²) in [5.41, 5.74) is 1.23. The quantitative estimate of drug-likeness (QED) is 0.895. The van der Waals surface area contributed by atoms with Crippen molar-refractivity contribution in [3.05, 3.63) is 45.9 Å². The van der Waals surface area contributed by atoms with Gasteiger partial charge in [0.25, 0.3) is 5.91 Å². The first kappa shape index (κ1) is 11.7. The zero-order valence-electron chi connectivity index (χ0n) is 8.83. The van der Waals surface area contributed by atoms with Crippen LogP contribution < -0.4 is 5.32 Å². The van der Waals surface area contributed by atoms with Crippen LogP contribution >= 0.6 is 11.3 Å². The van der Waals surface area contributed by atoms with E-state index in [9.17, 15) is 13.6 Å². The Hall–Kier alpha value is -1.82. The molecule has 2 rings (SSSR count). The number of nitrogens with zero attached hydrogens (tertiary/aromatic N) is 1. The molecule has 1 aromatic carbocycles. The first-order valence-electron chi connectivity index (χ1n) is 4.75. The lowest BCUT2D eigenvalue weighted by atomic mass is 10.2. The molecule has 0 unspecified atom stereocenters. The van der Waals surface area contributed by atoms with Gasteiger partial charge in [0.2, 0.25) is 0 Å². The van der Waals surface area contributed by atoms with Gasteiger partial charge in [-0.3, -0.25) is 4.79 Å². The summed E-state index contributed by atoms with van der Waals surface area (Å²) < 4.78 is 26.6. The molecule has 0 fully saturated rings. The van der Waals surface area contributed by atoms with Gasteiger partial charge in [-0.15, -0.1) is 11.3 Å². The van der Waals surface area contributed by atoms with Crippen molar-refractivity contribution in [3.63, 3.8) is 0 Å². The van der Waals surface area contributed by atoms with E-state index in [4.69, 9.17) is 0 Å². The number of carbonyl (C=O) groups excluding carboxylic acids is 1. The molecule has 0 aliphatic rings. The van der Waals surface area contributed by atoms with E-state index in [0.717, 1.165) is 12.1 Å². The van der Waals surface area contributed by atoms with Gasteiger partial charge in [-0.05, 0) is 19.1 Å². The Morgan fingerprint density at radius 2 is 2.00 bits per heavy atom. The van der Waals surface area contributed by atoms with E-state index in [2.05, 4.69) is 10.3 Å². The van der Waals surface area contributed by atoms with Gasteiger partial charge in [0, 0.05) is 4.88 Å². The van der Waals surface area contributed by atoms with Gasteiger partial charge in [-0.2, -0.15) is 0 Å². The monoisotopic (exact) mass is 254 g/mol. The summed E-state index contributed by atoms with van der Waals surface area (Å²) in [5, 5.41) is 2.18. The van der Waals surface area contributed by atoms with Gasteiger partial charge in [0.05, 0.1) is 5.51 Å². The van der Waals surface area contributed by atoms with Crippen molar-refractivity contribution in [2.75, 3.05) is 5.32 Å². The molecule has 0 saturated carbocycles. The van der Waals surface area contributed by atoms with E-state index in [0.29, 0.717) is 4.88 Å². The highest BCUT2D eigenvalue weighted by molar-refractivity contribution is 7.09. The van der Waals surface area contributed by atoms with Crippen molar-refractivity contribution in [1.29, 1.82) is 0 Å². The van der Waals surface area contributed by atoms with Crippen molar-refractivity contribution in [2.24, 2.45) is 0 Å². The van der Waals surface area contributed by atoms with Gasteiger partial charge in [0.1, 0.15) is 23.0 Å². The molecule has 3 nitrogen and oxygen atoms in total. The van der Waals surface area contributed by atoms with Crippen LogP contribution in [-0.4, -0.2) is 10.9 Å². The van der Waals surface area contributed by atoms with Crippen LogP contribution in [0.1, 0.15) is 15.4 Å². The Kier molecular flexibility index (Phi) is 3.14. The lowest BCUT2D eigenvalue weighted by Gasteiger charge is -2.06. The van der Waals surface area contributed by atoms with Crippen LogP contribution in [0.5, 0.6) is 0 Å². The Bertz CT molecular complexity index is 548. The van der Waals surface area contributed by atoms with E-state index in [1.807, 2.05) is 0 Å². The summed E-state index contributed by atoms with van der Waals surface area (Å²) in [6.07, 6.45) is 0. The number of thiazole rings is 1. The molecule has 1 heterocycles. The topological polar surface area (TPSA) is 42.0 Å². The Labute approximate surface area is 100 Å². The van der Waals surface area contributed by atoms with Crippen molar-refractivity contribution < 1.29 is 13.6 Å². The highest BCUT2D eigenvalue weighted by Gasteiger charge is 2.16. The first-order valence-corrected chi connectivity index (χ1v) is 5.63. The Balaban J connectivity index is 2.28. The number of hydrogen-bond donors (Lipinski definition) is 1. The first-order chi connectivity index (χ1) is 8.09. The summed E-state index contributed by atoms with van der Waals surface area (Å²) in [4.78, 5) is 16.2. The van der Waals surface area contributed by atoms with Gasteiger partial charge in [0.15, 0.2) is 0 Å². The Morgan fingerprint density at radius 3 is 2.53 bits per heavy atom. The minimum atomic E-state index is -0.814. The average molecular weight is 254 g/mol. The number of halogens is 2. The number of aromatic nitrogens is 1. The molecular weight excluding hydrogens is 246 g/mol. The number of benzene rings is 1. The maximum absolute atomic E-state index is 13.3. The molecule has 88 valence electrons. The molecule has 0 aliphatic heterocycles. The number of amides is 1. The molecule has 0 atom stereocenters. The third kappa shape index (κ3) is 2.31. The van der Waals surface area contributed by atoms with E-state index >= 15 is 0 Å². The SMILES string of the molecule is Cc1scnc1C(=O)Nc1c(F)cccc1F. The highest BCUT2D eigenvalue weighted by atomic mass is 32.1. The normalized spacial score (nSPS) is 10.3. The summed E-state index contributed by atoms with van der Waals surface area (Å²) in [6, 6.07) is 3.38. The van der Waals surface area contributed by atoms with Gasteiger partial charge in [-0.1, -0.05) is 6.07 Å². The van der Waals surface area contributed by atoms with Crippen LogP contribution in [-0.2, 0) is 0 Å². The third-order valence-electron chi connectivity index (χ3n) is 2.16. The fourth-order valence-electron chi connectivity index (χ4n) is 1.31. The standard InChI is InChI=1S/C11H8F2N2OS/c1-6-9(14-5-17-6)11(16)15-10-7(12)3-2-4-8(10)13/h2-5H,1H3,(H,15,16). The fraction of sp³-hybridized carbons (Fsp3) is 0.0909. The van der Waals surface area contributed by atoms with Crippen molar-refractivity contribution in [2.45, 2.75) is 6.92 Å². The number of nitrogens with one attached hydrogen (secondary N) is 1. The predicted molar refractivity (Wildman–Crippen MR) is 61.2 cm³/mol. The smallest absolute Gasteiger partial charge is 0.275 e. The molecule has 0 radical (unpaired) electrons. The molecule has 0 aliphatic carbocycles. The lowest BCUT2D eigenvalue weighted by Crippen LogP contribution is -2.15. The molecule has 1 N–H and O–H groups in total. The second-order valence-corrected chi connectivity index (χ2v) is 4.37. The maximum atomic E-state index is 13.3. The number of aryl methyl sites for hydroxylation is 1. The molecule has 17 heavy (non-hydrogen) atoms. The molecular formula is C11H8F2N2OS. The molecule has 1 amide bonds. The van der Waals surface area contributed by atoms with Crippen LogP contribution in [0, 0.1) is 18.6 Å². The van der Waals surface area contributed by atoms with Crippen molar-refractivity contribution in [1.82, 2.24) is 4.98 Å². The van der Waals surface area contributed by atoms with E-state index in [1.165, 1.54) is 22.9 Å². The van der Waals surface area contributed by atoms with Gasteiger partial charge >= 0.3 is 0 Å². The minimum Gasteiger partial charge on any atom is -0.316 e. The summed E-state index contributed by atoms with van der Waals surface area (Å²) >= 11 is 1.29. The van der Waals surface area contributed by atoms with Crippen LogP contribution in [0.4, 0.5) is 14.5 Å². The van der Waals surface area contributed by atoms with Crippen LogP contribution in [0.15, 0.2) is 23.7 Å². The molecule has 0 spiro atoms. The number of carbonyl (C=O) groups is 1. The predicted octanol–water partition coefficient (Wildman–Crippen LogP) is 2.98. The largest absolute Gasteiger partial charge is 0.316 e. The van der Waals surface area contributed by atoms with Crippen LogP contribution in [0.25, 0.3) is 0 Å². The molecule has 2 aromatic rings. The molecule has 0 saturated heterocycles. The zero-order chi connectivity index (χ0) is 12.4. The van der Waals surface area contributed by atoms with E-state index in [1.54, 1.807) is 6.92 Å². The Morgan fingerprint density at radius 1 is 1.35 bits per heavy atom. The van der Waals surface area contributed by atoms with Gasteiger partial charge < -0.3 is 5.32 Å². The number of anilines is 1. The van der Waals surface area contributed by atoms with Crippen LogP contribution in [0.2, 0.25) is 0 Å². The molecule has 0 bridgehead atoms. The minimum absolute atomic E-state index is 0.178. The summed E-state index contributed by atoms with van der Waals surface area (Å²) in [6.45, 7) is 1.71. The maximum Gasteiger partial charge on any atom is 0.275 e. The summed E-state index contributed by atoms with van der Waals surface area (Å²) in [7, 11) is 0. The average Bonchev–Trinajstić information content (AvgIpc) is 2.70. The number of hydrogen-bond acceptors (Lipinski definition) is 3. The van der Waals surface area contributed by atoms with Gasteiger partial charge in [-0.25, -0.2) is 13.8 Å². The highest BCUT2D eigenvalue weighted by Crippen LogP contribution is 2.20. The second-order valence-electron chi connectivity index (χ2n) is 3.31. The molecule has 6 heteroatoms. The van der Waals surface area contributed by atoms with Crippen LogP contribution in [0.3, 0.4) is 0 Å². The lowest BCUT2D eigenvalue weighted by molar-refractivity contribution is 0.102. The van der Waals surface area contributed by atoms with Crippen molar-refractivity contribution in [3.8, 4) is 0 Å². The van der Waals surface area contributed by atoms with Crippen molar-refractivity contribution >= 4 is 22.9 Å². The fourth-order valence-corrected chi connectivity index (χ4v) is 1.89.